The average molecular weight is 407 g/mol. The number of hydrogen-bond donors (Lipinski definition) is 0. The van der Waals surface area contributed by atoms with E-state index in [2.05, 4.69) is 30.9 Å². The molecule has 2 aromatic heterocycles. The van der Waals surface area contributed by atoms with E-state index in [-0.39, 0.29) is 5.91 Å². The quantitative estimate of drug-likeness (QED) is 0.632. The Hall–Kier alpha value is -3.04. The number of amides is 1. The Labute approximate surface area is 174 Å². The topological polar surface area (TPSA) is 79.1 Å². The lowest BCUT2D eigenvalue weighted by atomic mass is 10.1. The third kappa shape index (κ3) is 3.86. The number of fused-ring (bicyclic) bond motifs is 1. The van der Waals surface area contributed by atoms with Gasteiger partial charge < -0.3 is 14.5 Å². The maximum absolute atomic E-state index is 12.7. The Morgan fingerprint density at radius 1 is 1.00 bits per heavy atom. The number of rotatable bonds is 4. The molecule has 4 heterocycles. The number of benzene rings is 1. The summed E-state index contributed by atoms with van der Waals surface area (Å²) in [6.45, 7) is 6.45. The van der Waals surface area contributed by atoms with Gasteiger partial charge >= 0.3 is 0 Å². The standard InChI is InChI=1S/C21H25N7O2/c29-20(15-25-10-12-30-13-11-25)27-8-6-26(7-9-27)19-14-18(17-4-2-1-3-5-17)24-21-22-16-23-28(19)21/h1-5,14,16H,6-13,15H2. The number of piperazine rings is 1. The molecule has 156 valence electrons. The van der Waals surface area contributed by atoms with Crippen molar-refractivity contribution in [2.45, 2.75) is 0 Å². The maximum Gasteiger partial charge on any atom is 0.254 e. The van der Waals surface area contributed by atoms with Crippen LogP contribution < -0.4 is 4.90 Å². The summed E-state index contributed by atoms with van der Waals surface area (Å²) in [4.78, 5) is 28.1. The molecule has 0 radical (unpaired) electrons. The SMILES string of the molecule is O=C(CN1CCOCC1)N1CCN(c2cc(-c3ccccc3)nc3ncnn23)CC1. The maximum atomic E-state index is 12.7. The van der Waals surface area contributed by atoms with Crippen LogP contribution in [-0.4, -0.2) is 94.3 Å². The van der Waals surface area contributed by atoms with Crippen LogP contribution in [0.25, 0.3) is 17.0 Å². The second kappa shape index (κ2) is 8.37. The van der Waals surface area contributed by atoms with E-state index in [1.165, 1.54) is 6.33 Å². The van der Waals surface area contributed by atoms with Crippen LogP contribution in [0.4, 0.5) is 5.82 Å². The highest BCUT2D eigenvalue weighted by Gasteiger charge is 2.25. The van der Waals surface area contributed by atoms with Crippen LogP contribution in [-0.2, 0) is 9.53 Å². The zero-order valence-electron chi connectivity index (χ0n) is 16.9. The van der Waals surface area contributed by atoms with E-state index >= 15 is 0 Å². The van der Waals surface area contributed by atoms with Gasteiger partial charge in [0.2, 0.25) is 5.91 Å². The molecule has 2 aliphatic heterocycles. The van der Waals surface area contributed by atoms with Gasteiger partial charge in [0.15, 0.2) is 0 Å². The first kappa shape index (κ1) is 19.0. The van der Waals surface area contributed by atoms with Gasteiger partial charge in [-0.15, -0.1) is 0 Å². The minimum Gasteiger partial charge on any atom is -0.379 e. The predicted octanol–water partition coefficient (Wildman–Crippen LogP) is 0.772. The van der Waals surface area contributed by atoms with Crippen molar-refractivity contribution < 1.29 is 9.53 Å². The van der Waals surface area contributed by atoms with E-state index in [4.69, 9.17) is 4.74 Å². The van der Waals surface area contributed by atoms with Crippen molar-refractivity contribution in [1.82, 2.24) is 29.4 Å². The molecule has 0 bridgehead atoms. The fraction of sp³-hybridized carbons (Fsp3) is 0.429. The molecule has 0 unspecified atom stereocenters. The third-order valence-corrected chi connectivity index (χ3v) is 5.72. The summed E-state index contributed by atoms with van der Waals surface area (Å²) in [7, 11) is 0. The van der Waals surface area contributed by atoms with Crippen LogP contribution in [0.5, 0.6) is 0 Å². The van der Waals surface area contributed by atoms with E-state index < -0.39 is 0 Å². The summed E-state index contributed by atoms with van der Waals surface area (Å²) in [5, 5.41) is 4.36. The molecule has 30 heavy (non-hydrogen) atoms. The summed E-state index contributed by atoms with van der Waals surface area (Å²) >= 11 is 0. The van der Waals surface area contributed by atoms with E-state index in [1.807, 2.05) is 35.2 Å². The summed E-state index contributed by atoms with van der Waals surface area (Å²) in [5.74, 6) is 1.73. The largest absolute Gasteiger partial charge is 0.379 e. The van der Waals surface area contributed by atoms with Crippen LogP contribution in [0.3, 0.4) is 0 Å². The highest BCUT2D eigenvalue weighted by atomic mass is 16.5. The van der Waals surface area contributed by atoms with Crippen molar-refractivity contribution in [2.24, 2.45) is 0 Å². The van der Waals surface area contributed by atoms with Gasteiger partial charge in [-0.3, -0.25) is 9.69 Å². The number of carbonyl (C=O) groups is 1. The fourth-order valence-electron chi connectivity index (χ4n) is 4.01. The molecule has 3 aromatic rings. The Bertz CT molecular complexity index is 1010. The number of nitrogens with zero attached hydrogens (tertiary/aromatic N) is 7. The van der Waals surface area contributed by atoms with E-state index in [0.717, 1.165) is 43.3 Å². The Morgan fingerprint density at radius 2 is 1.77 bits per heavy atom. The van der Waals surface area contributed by atoms with Gasteiger partial charge in [0.1, 0.15) is 12.1 Å². The molecule has 1 amide bonds. The second-order valence-corrected chi connectivity index (χ2v) is 7.59. The highest BCUT2D eigenvalue weighted by molar-refractivity contribution is 5.78. The van der Waals surface area contributed by atoms with Crippen molar-refractivity contribution in [3.63, 3.8) is 0 Å². The summed E-state index contributed by atoms with van der Waals surface area (Å²) in [5.41, 5.74) is 1.92. The van der Waals surface area contributed by atoms with Crippen molar-refractivity contribution in [2.75, 3.05) is 63.9 Å². The van der Waals surface area contributed by atoms with Crippen molar-refractivity contribution >= 4 is 17.5 Å². The minimum atomic E-state index is 0.196. The van der Waals surface area contributed by atoms with Gasteiger partial charge in [-0.05, 0) is 0 Å². The van der Waals surface area contributed by atoms with E-state index in [0.29, 0.717) is 38.6 Å². The molecule has 2 aliphatic rings. The fourth-order valence-corrected chi connectivity index (χ4v) is 4.01. The first-order chi connectivity index (χ1) is 14.8. The van der Waals surface area contributed by atoms with Gasteiger partial charge in [-0.2, -0.15) is 14.6 Å². The van der Waals surface area contributed by atoms with E-state index in [9.17, 15) is 4.79 Å². The van der Waals surface area contributed by atoms with Crippen LogP contribution in [0.15, 0.2) is 42.7 Å². The molecule has 0 spiro atoms. The van der Waals surface area contributed by atoms with Gasteiger partial charge in [-0.25, -0.2) is 4.98 Å². The molecular formula is C21H25N7O2. The lowest BCUT2D eigenvalue weighted by Gasteiger charge is -2.37. The minimum absolute atomic E-state index is 0.196. The molecular weight excluding hydrogens is 382 g/mol. The monoisotopic (exact) mass is 407 g/mol. The average Bonchev–Trinajstić information content (AvgIpc) is 3.29. The predicted molar refractivity (Wildman–Crippen MR) is 112 cm³/mol. The molecule has 2 fully saturated rings. The van der Waals surface area contributed by atoms with Crippen LogP contribution in [0.2, 0.25) is 0 Å². The lowest BCUT2D eigenvalue weighted by molar-refractivity contribution is -0.133. The highest BCUT2D eigenvalue weighted by Crippen LogP contribution is 2.24. The number of carbonyl (C=O) groups excluding carboxylic acids is 1. The third-order valence-electron chi connectivity index (χ3n) is 5.72. The molecule has 5 rings (SSSR count). The molecule has 0 aliphatic carbocycles. The van der Waals surface area contributed by atoms with Crippen molar-refractivity contribution in [3.05, 3.63) is 42.7 Å². The zero-order valence-corrected chi connectivity index (χ0v) is 16.9. The van der Waals surface area contributed by atoms with Gasteiger partial charge in [0.05, 0.1) is 25.5 Å². The number of ether oxygens (including phenoxy) is 1. The van der Waals surface area contributed by atoms with E-state index in [1.54, 1.807) is 4.52 Å². The Balaban J connectivity index is 1.31. The van der Waals surface area contributed by atoms with Crippen LogP contribution >= 0.6 is 0 Å². The molecule has 2 saturated heterocycles. The molecule has 0 N–H and O–H groups in total. The number of aromatic nitrogens is 4. The number of hydrogen-bond acceptors (Lipinski definition) is 7. The molecule has 1 aromatic carbocycles. The number of morpholine rings is 1. The first-order valence-electron chi connectivity index (χ1n) is 10.4. The molecule has 0 saturated carbocycles. The molecule has 0 atom stereocenters. The molecule has 9 heteroatoms. The second-order valence-electron chi connectivity index (χ2n) is 7.59. The zero-order chi connectivity index (χ0) is 20.3. The number of anilines is 1. The van der Waals surface area contributed by atoms with Crippen molar-refractivity contribution in [3.8, 4) is 11.3 Å². The van der Waals surface area contributed by atoms with Gasteiger partial charge in [-0.1, -0.05) is 30.3 Å². The lowest BCUT2D eigenvalue weighted by Crippen LogP contribution is -2.52. The first-order valence-corrected chi connectivity index (χ1v) is 10.4. The summed E-state index contributed by atoms with van der Waals surface area (Å²) in [6, 6.07) is 12.1. The van der Waals surface area contributed by atoms with Crippen LogP contribution in [0.1, 0.15) is 0 Å². The smallest absolute Gasteiger partial charge is 0.254 e. The summed E-state index contributed by atoms with van der Waals surface area (Å²) < 4.78 is 7.14. The van der Waals surface area contributed by atoms with Gasteiger partial charge in [0.25, 0.3) is 5.78 Å². The Kier molecular flexibility index (Phi) is 5.29. The summed E-state index contributed by atoms with van der Waals surface area (Å²) in [6.07, 6.45) is 1.53. The molecule has 9 nitrogen and oxygen atoms in total. The van der Waals surface area contributed by atoms with Crippen molar-refractivity contribution in [1.29, 1.82) is 0 Å². The normalized spacial score (nSPS) is 18.1. The Morgan fingerprint density at radius 3 is 2.53 bits per heavy atom. The van der Waals surface area contributed by atoms with Gasteiger partial charge in [0, 0.05) is 50.9 Å². The van der Waals surface area contributed by atoms with Crippen LogP contribution in [0, 0.1) is 0 Å².